The van der Waals surface area contributed by atoms with Crippen molar-refractivity contribution < 1.29 is 22.5 Å². The van der Waals surface area contributed by atoms with E-state index >= 15 is 0 Å². The Labute approximate surface area is 123 Å². The summed E-state index contributed by atoms with van der Waals surface area (Å²) in [6, 6.07) is 11.5. The standard InChI is InChI=1S/C14H16O5P2/c1-17-20(15)9-11-6-7-14-12(8-11)4-3-5-13(14)10-21(16,18-2)19-20/h3-8H,9-10H2,1-2H3. The van der Waals surface area contributed by atoms with Gasteiger partial charge in [-0.1, -0.05) is 36.4 Å². The molecule has 0 fully saturated rings. The lowest BCUT2D eigenvalue weighted by Gasteiger charge is -2.24. The average molecular weight is 326 g/mol. The number of hydrogen-bond donors (Lipinski definition) is 0. The number of fused-ring (bicyclic) bond motifs is 5. The highest BCUT2D eigenvalue weighted by Gasteiger charge is 2.37. The molecule has 5 nitrogen and oxygen atoms in total. The van der Waals surface area contributed by atoms with Crippen molar-refractivity contribution in [3.63, 3.8) is 0 Å². The summed E-state index contributed by atoms with van der Waals surface area (Å²) in [5.74, 6) is 0. The molecule has 2 heterocycles. The Bertz CT molecular complexity index is 786. The van der Waals surface area contributed by atoms with Crippen molar-refractivity contribution in [1.82, 2.24) is 0 Å². The van der Waals surface area contributed by atoms with Gasteiger partial charge < -0.3 is 9.05 Å². The van der Waals surface area contributed by atoms with E-state index in [9.17, 15) is 9.13 Å². The number of benzene rings is 2. The fourth-order valence-electron chi connectivity index (χ4n) is 2.51. The van der Waals surface area contributed by atoms with E-state index in [1.54, 1.807) is 0 Å². The molecule has 0 aromatic heterocycles. The van der Waals surface area contributed by atoms with Crippen LogP contribution < -0.4 is 0 Å². The minimum atomic E-state index is -3.53. The van der Waals surface area contributed by atoms with E-state index in [0.29, 0.717) is 0 Å². The lowest BCUT2D eigenvalue weighted by atomic mass is 10.0. The molecule has 0 radical (unpaired) electrons. The second kappa shape index (κ2) is 5.35. The van der Waals surface area contributed by atoms with Gasteiger partial charge in [-0.25, -0.2) is 4.31 Å². The van der Waals surface area contributed by atoms with Gasteiger partial charge in [-0.2, -0.15) is 0 Å². The van der Waals surface area contributed by atoms with Crippen LogP contribution >= 0.6 is 15.2 Å². The van der Waals surface area contributed by atoms with Crippen molar-refractivity contribution >= 4 is 26.0 Å². The van der Waals surface area contributed by atoms with Crippen LogP contribution in [0, 0.1) is 0 Å². The quantitative estimate of drug-likeness (QED) is 0.758. The van der Waals surface area contributed by atoms with Crippen molar-refractivity contribution in [2.75, 3.05) is 14.2 Å². The molecule has 7 heteroatoms. The van der Waals surface area contributed by atoms with E-state index in [2.05, 4.69) is 0 Å². The van der Waals surface area contributed by atoms with Crippen LogP contribution in [0.25, 0.3) is 10.8 Å². The molecule has 0 saturated carbocycles. The summed E-state index contributed by atoms with van der Waals surface area (Å²) in [4.78, 5) is 0. The Kier molecular flexibility index (Phi) is 3.81. The summed E-state index contributed by atoms with van der Waals surface area (Å²) in [6.45, 7) is 0. The highest BCUT2D eigenvalue weighted by atomic mass is 31.3. The van der Waals surface area contributed by atoms with Crippen molar-refractivity contribution in [1.29, 1.82) is 0 Å². The Balaban J connectivity index is 2.26. The molecule has 0 aliphatic carbocycles. The Morgan fingerprint density at radius 2 is 1.71 bits per heavy atom. The van der Waals surface area contributed by atoms with Gasteiger partial charge in [0.25, 0.3) is 0 Å². The van der Waals surface area contributed by atoms with Crippen LogP contribution in [0.3, 0.4) is 0 Å². The summed E-state index contributed by atoms with van der Waals surface area (Å²) >= 11 is 0. The van der Waals surface area contributed by atoms with E-state index in [1.807, 2.05) is 36.4 Å². The molecular weight excluding hydrogens is 310 g/mol. The zero-order chi connectivity index (χ0) is 15.1. The van der Waals surface area contributed by atoms with Crippen LogP contribution in [0.2, 0.25) is 0 Å². The first-order valence-corrected chi connectivity index (χ1v) is 9.94. The maximum atomic E-state index is 12.8. The van der Waals surface area contributed by atoms with Crippen LogP contribution in [-0.4, -0.2) is 14.2 Å². The smallest absolute Gasteiger partial charge is 0.311 e. The first-order valence-electron chi connectivity index (χ1n) is 6.48. The van der Waals surface area contributed by atoms with E-state index in [1.165, 1.54) is 14.2 Å². The van der Waals surface area contributed by atoms with E-state index < -0.39 is 15.2 Å². The molecule has 2 unspecified atom stereocenters. The second-order valence-electron chi connectivity index (χ2n) is 4.96. The third kappa shape index (κ3) is 2.85. The van der Waals surface area contributed by atoms with Gasteiger partial charge in [0, 0.05) is 14.2 Å². The molecule has 21 heavy (non-hydrogen) atoms. The first-order chi connectivity index (χ1) is 9.97. The summed E-state index contributed by atoms with van der Waals surface area (Å²) in [6.07, 6.45) is 0.130. The van der Waals surface area contributed by atoms with Crippen LogP contribution in [0.5, 0.6) is 0 Å². The lowest BCUT2D eigenvalue weighted by Crippen LogP contribution is -2.02. The Morgan fingerprint density at radius 3 is 2.43 bits per heavy atom. The SMILES string of the molecule is COP1(=O)Cc2ccc3c(cccc3c2)CP(=O)(OC)O1. The predicted octanol–water partition coefficient (Wildman–Crippen LogP) is 4.55. The monoisotopic (exact) mass is 326 g/mol. The van der Waals surface area contributed by atoms with E-state index in [4.69, 9.17) is 13.4 Å². The molecule has 2 aromatic rings. The van der Waals surface area contributed by atoms with Gasteiger partial charge in [-0.15, -0.1) is 0 Å². The maximum absolute atomic E-state index is 12.8. The molecule has 4 bridgehead atoms. The molecule has 2 aromatic carbocycles. The molecule has 0 amide bonds. The molecule has 0 spiro atoms. The van der Waals surface area contributed by atoms with Gasteiger partial charge in [-0.05, 0) is 21.9 Å². The van der Waals surface area contributed by atoms with Crippen LogP contribution in [0.1, 0.15) is 11.1 Å². The molecule has 2 aliphatic rings. The molecule has 4 rings (SSSR count). The van der Waals surface area contributed by atoms with Gasteiger partial charge in [0.15, 0.2) is 0 Å². The number of hydrogen-bond acceptors (Lipinski definition) is 5. The second-order valence-corrected chi connectivity index (χ2v) is 9.42. The maximum Gasteiger partial charge on any atom is 0.341 e. The highest BCUT2D eigenvalue weighted by Crippen LogP contribution is 2.67. The van der Waals surface area contributed by atoms with Crippen molar-refractivity contribution in [2.24, 2.45) is 0 Å². The van der Waals surface area contributed by atoms with E-state index in [0.717, 1.165) is 21.9 Å². The summed E-state index contributed by atoms with van der Waals surface area (Å²) in [7, 11) is -4.46. The zero-order valence-electron chi connectivity index (χ0n) is 11.8. The first kappa shape index (κ1) is 15.0. The highest BCUT2D eigenvalue weighted by molar-refractivity contribution is 7.66. The molecule has 2 aliphatic heterocycles. The van der Waals surface area contributed by atoms with Gasteiger partial charge in [0.2, 0.25) is 0 Å². The lowest BCUT2D eigenvalue weighted by molar-refractivity contribution is 0.275. The normalized spacial score (nSPS) is 29.0. The van der Waals surface area contributed by atoms with Crippen LogP contribution in [0.15, 0.2) is 36.4 Å². The van der Waals surface area contributed by atoms with Gasteiger partial charge in [0.1, 0.15) is 0 Å². The third-order valence-electron chi connectivity index (χ3n) is 3.58. The fourth-order valence-corrected chi connectivity index (χ4v) is 6.62. The molecular formula is C14H16O5P2. The van der Waals surface area contributed by atoms with Crippen molar-refractivity contribution in [3.05, 3.63) is 47.5 Å². The zero-order valence-corrected chi connectivity index (χ0v) is 13.6. The van der Waals surface area contributed by atoms with Gasteiger partial charge in [-0.3, -0.25) is 9.13 Å². The Hall–Kier alpha value is -0.960. The van der Waals surface area contributed by atoms with Crippen molar-refractivity contribution in [2.45, 2.75) is 12.3 Å². The Morgan fingerprint density at radius 1 is 1.00 bits per heavy atom. The predicted molar refractivity (Wildman–Crippen MR) is 81.7 cm³/mol. The fraction of sp³-hybridized carbons (Fsp3) is 0.286. The summed E-state index contributed by atoms with van der Waals surface area (Å²) in [5.41, 5.74) is 1.66. The largest absolute Gasteiger partial charge is 0.341 e. The molecule has 0 saturated heterocycles. The van der Waals surface area contributed by atoms with Crippen LogP contribution in [0.4, 0.5) is 0 Å². The molecule has 2 atom stereocenters. The third-order valence-corrected chi connectivity index (χ3v) is 8.16. The van der Waals surface area contributed by atoms with Crippen molar-refractivity contribution in [3.8, 4) is 0 Å². The van der Waals surface area contributed by atoms with E-state index in [-0.39, 0.29) is 12.3 Å². The number of rotatable bonds is 2. The average Bonchev–Trinajstić information content (AvgIpc) is 2.46. The van der Waals surface area contributed by atoms with Crippen LogP contribution in [-0.2, 0) is 34.8 Å². The minimum Gasteiger partial charge on any atom is -0.311 e. The topological polar surface area (TPSA) is 61.8 Å². The van der Waals surface area contributed by atoms with Gasteiger partial charge in [0.05, 0.1) is 12.3 Å². The minimum absolute atomic E-state index is 0.0630. The van der Waals surface area contributed by atoms with Gasteiger partial charge >= 0.3 is 15.2 Å². The summed E-state index contributed by atoms with van der Waals surface area (Å²) < 4.78 is 40.9. The molecule has 112 valence electrons. The molecule has 0 N–H and O–H groups in total. The summed E-state index contributed by atoms with van der Waals surface area (Å²) in [5, 5.41) is 2.01.